The highest BCUT2D eigenvalue weighted by Crippen LogP contribution is 2.12. The molecule has 0 aliphatic carbocycles. The third-order valence-corrected chi connectivity index (χ3v) is 5.31. The van der Waals surface area contributed by atoms with E-state index in [1.807, 2.05) is 30.3 Å². The van der Waals surface area contributed by atoms with E-state index in [9.17, 15) is 13.2 Å². The number of carbonyl (C=O) groups is 1. The quantitative estimate of drug-likeness (QED) is 0.646. The van der Waals surface area contributed by atoms with Crippen LogP contribution in [0.4, 0.5) is 0 Å². The zero-order valence-corrected chi connectivity index (χ0v) is 15.2. The van der Waals surface area contributed by atoms with Gasteiger partial charge in [0.15, 0.2) is 0 Å². The van der Waals surface area contributed by atoms with Gasteiger partial charge in [0.1, 0.15) is 0 Å². The molecule has 6 nitrogen and oxygen atoms in total. The minimum atomic E-state index is -3.15. The molecule has 0 saturated heterocycles. The first-order chi connectivity index (χ1) is 10.4. The Labute approximate surface area is 144 Å². The zero-order chi connectivity index (χ0) is 16.6. The maximum Gasteiger partial charge on any atom is 0.221 e. The number of nitrogens with two attached hydrogens (primary N) is 1. The van der Waals surface area contributed by atoms with E-state index in [0.29, 0.717) is 19.5 Å². The number of nitrogens with zero attached hydrogens (tertiary/aromatic N) is 1. The molecule has 132 valence electrons. The molecule has 8 heteroatoms. The SMILES string of the molecule is CCS(=O)(=O)N(C)CCCNC(=O)CC(N)c1ccccc1.Cl. The Morgan fingerprint density at radius 1 is 1.30 bits per heavy atom. The van der Waals surface area contributed by atoms with E-state index >= 15 is 0 Å². The molecule has 0 fully saturated rings. The first-order valence-electron chi connectivity index (χ1n) is 7.38. The van der Waals surface area contributed by atoms with Gasteiger partial charge in [0.25, 0.3) is 0 Å². The van der Waals surface area contributed by atoms with E-state index in [0.717, 1.165) is 5.56 Å². The summed E-state index contributed by atoms with van der Waals surface area (Å²) in [4.78, 5) is 11.8. The third kappa shape index (κ3) is 7.78. The van der Waals surface area contributed by atoms with Crippen LogP contribution in [-0.2, 0) is 14.8 Å². The van der Waals surface area contributed by atoms with Crippen molar-refractivity contribution < 1.29 is 13.2 Å². The van der Waals surface area contributed by atoms with Crippen molar-refractivity contribution in [2.45, 2.75) is 25.8 Å². The van der Waals surface area contributed by atoms with E-state index in [2.05, 4.69) is 5.32 Å². The average Bonchev–Trinajstić information content (AvgIpc) is 2.52. The molecule has 1 unspecified atom stereocenters. The van der Waals surface area contributed by atoms with Crippen molar-refractivity contribution in [3.8, 4) is 0 Å². The van der Waals surface area contributed by atoms with E-state index in [4.69, 9.17) is 5.73 Å². The predicted octanol–water partition coefficient (Wildman–Crippen LogP) is 1.29. The molecule has 23 heavy (non-hydrogen) atoms. The van der Waals surface area contributed by atoms with Crippen LogP contribution in [0.1, 0.15) is 31.4 Å². The molecule has 1 atom stereocenters. The van der Waals surface area contributed by atoms with Gasteiger partial charge < -0.3 is 11.1 Å². The van der Waals surface area contributed by atoms with Crippen molar-refractivity contribution in [1.29, 1.82) is 0 Å². The van der Waals surface area contributed by atoms with Crippen LogP contribution in [0.3, 0.4) is 0 Å². The van der Waals surface area contributed by atoms with E-state index in [1.165, 1.54) is 4.31 Å². The van der Waals surface area contributed by atoms with Crippen molar-refractivity contribution in [2.75, 3.05) is 25.9 Å². The summed E-state index contributed by atoms with van der Waals surface area (Å²) in [6.45, 7) is 2.43. The maximum atomic E-state index is 11.8. The van der Waals surface area contributed by atoms with Crippen molar-refractivity contribution >= 4 is 28.3 Å². The highest BCUT2D eigenvalue weighted by atomic mass is 35.5. The van der Waals surface area contributed by atoms with Crippen LogP contribution in [0.15, 0.2) is 30.3 Å². The fourth-order valence-corrected chi connectivity index (χ4v) is 2.83. The van der Waals surface area contributed by atoms with Crippen molar-refractivity contribution in [3.05, 3.63) is 35.9 Å². The van der Waals surface area contributed by atoms with Gasteiger partial charge in [-0.3, -0.25) is 4.79 Å². The molecule has 1 aromatic rings. The van der Waals surface area contributed by atoms with Crippen LogP contribution in [0.5, 0.6) is 0 Å². The Morgan fingerprint density at radius 3 is 2.48 bits per heavy atom. The first kappa shape index (κ1) is 21.9. The van der Waals surface area contributed by atoms with Crippen LogP contribution in [0, 0.1) is 0 Å². The second kappa shape index (κ2) is 10.6. The molecule has 0 aliphatic heterocycles. The first-order valence-corrected chi connectivity index (χ1v) is 8.99. The lowest BCUT2D eigenvalue weighted by Gasteiger charge is -2.16. The number of nitrogens with one attached hydrogen (secondary N) is 1. The Hall–Kier alpha value is -1.15. The standard InChI is InChI=1S/C15H25N3O3S.ClH/c1-3-22(20,21)18(2)11-7-10-17-15(19)12-14(16)13-8-5-4-6-9-13;/h4-6,8-9,14H,3,7,10-12,16H2,1-2H3,(H,17,19);1H. The molecular formula is C15H26ClN3O3S. The summed E-state index contributed by atoms with van der Waals surface area (Å²) < 4.78 is 24.4. The van der Waals surface area contributed by atoms with Crippen LogP contribution >= 0.6 is 12.4 Å². The minimum absolute atomic E-state index is 0. The summed E-state index contributed by atoms with van der Waals surface area (Å²) in [6.07, 6.45) is 0.787. The van der Waals surface area contributed by atoms with Gasteiger partial charge in [-0.05, 0) is 18.9 Å². The number of hydrogen-bond donors (Lipinski definition) is 2. The summed E-state index contributed by atoms with van der Waals surface area (Å²) in [5.74, 6) is -0.0423. The van der Waals surface area contributed by atoms with Gasteiger partial charge in [-0.1, -0.05) is 30.3 Å². The van der Waals surface area contributed by atoms with Gasteiger partial charge in [0, 0.05) is 32.6 Å². The fraction of sp³-hybridized carbons (Fsp3) is 0.533. The molecule has 1 amide bonds. The lowest BCUT2D eigenvalue weighted by molar-refractivity contribution is -0.121. The largest absolute Gasteiger partial charge is 0.356 e. The Morgan fingerprint density at radius 2 is 1.91 bits per heavy atom. The molecular weight excluding hydrogens is 338 g/mol. The molecule has 0 aliphatic rings. The zero-order valence-electron chi connectivity index (χ0n) is 13.6. The number of hydrogen-bond acceptors (Lipinski definition) is 4. The summed E-state index contributed by atoms with van der Waals surface area (Å²) in [5.41, 5.74) is 6.90. The fourth-order valence-electron chi connectivity index (χ4n) is 1.98. The Kier molecular flexibility index (Phi) is 10.1. The number of sulfonamides is 1. The molecule has 0 saturated carbocycles. The molecule has 0 spiro atoms. The maximum absolute atomic E-state index is 11.8. The second-order valence-electron chi connectivity index (χ2n) is 5.15. The summed E-state index contributed by atoms with van der Waals surface area (Å²) in [7, 11) is -1.61. The molecule has 1 aromatic carbocycles. The summed E-state index contributed by atoms with van der Waals surface area (Å²) >= 11 is 0. The third-order valence-electron chi connectivity index (χ3n) is 3.44. The number of benzene rings is 1. The van der Waals surface area contributed by atoms with E-state index in [-0.39, 0.29) is 36.5 Å². The van der Waals surface area contributed by atoms with Crippen LogP contribution in [-0.4, -0.2) is 44.5 Å². The average molecular weight is 364 g/mol. The van der Waals surface area contributed by atoms with Crippen LogP contribution in [0.2, 0.25) is 0 Å². The number of amides is 1. The van der Waals surface area contributed by atoms with E-state index in [1.54, 1.807) is 14.0 Å². The molecule has 0 bridgehead atoms. The monoisotopic (exact) mass is 363 g/mol. The summed E-state index contributed by atoms with van der Waals surface area (Å²) in [6, 6.07) is 9.13. The van der Waals surface area contributed by atoms with Crippen molar-refractivity contribution in [1.82, 2.24) is 9.62 Å². The number of halogens is 1. The molecule has 0 heterocycles. The van der Waals surface area contributed by atoms with Gasteiger partial charge in [0.05, 0.1) is 5.75 Å². The van der Waals surface area contributed by atoms with Crippen LogP contribution < -0.4 is 11.1 Å². The Balaban J connectivity index is 0.00000484. The highest BCUT2D eigenvalue weighted by Gasteiger charge is 2.14. The van der Waals surface area contributed by atoms with Gasteiger partial charge in [0.2, 0.25) is 15.9 Å². The molecule has 3 N–H and O–H groups in total. The molecule has 0 radical (unpaired) electrons. The minimum Gasteiger partial charge on any atom is -0.356 e. The lowest BCUT2D eigenvalue weighted by Crippen LogP contribution is -2.33. The van der Waals surface area contributed by atoms with E-state index < -0.39 is 10.0 Å². The number of rotatable bonds is 9. The van der Waals surface area contributed by atoms with Crippen molar-refractivity contribution in [3.63, 3.8) is 0 Å². The van der Waals surface area contributed by atoms with Gasteiger partial charge in [-0.15, -0.1) is 12.4 Å². The van der Waals surface area contributed by atoms with Gasteiger partial charge in [-0.25, -0.2) is 12.7 Å². The normalized spacial score (nSPS) is 12.5. The molecule has 1 rings (SSSR count). The van der Waals surface area contributed by atoms with Crippen LogP contribution in [0.25, 0.3) is 0 Å². The second-order valence-corrected chi connectivity index (χ2v) is 7.51. The van der Waals surface area contributed by atoms with Gasteiger partial charge in [-0.2, -0.15) is 0 Å². The van der Waals surface area contributed by atoms with Gasteiger partial charge >= 0.3 is 0 Å². The molecule has 0 aromatic heterocycles. The predicted molar refractivity (Wildman–Crippen MR) is 95.0 cm³/mol. The topological polar surface area (TPSA) is 92.5 Å². The lowest BCUT2D eigenvalue weighted by atomic mass is 10.0. The number of carbonyl (C=O) groups excluding carboxylic acids is 1. The highest BCUT2D eigenvalue weighted by molar-refractivity contribution is 7.89. The smallest absolute Gasteiger partial charge is 0.221 e. The van der Waals surface area contributed by atoms with Crippen molar-refractivity contribution in [2.24, 2.45) is 5.73 Å². The Bertz CT molecular complexity index is 567. The summed E-state index contributed by atoms with van der Waals surface area (Å²) in [5, 5.41) is 2.77.